The molecule has 4 nitrogen and oxygen atoms in total. The van der Waals surface area contributed by atoms with E-state index >= 15 is 0 Å². The van der Waals surface area contributed by atoms with E-state index in [4.69, 9.17) is 1.37 Å². The van der Waals surface area contributed by atoms with Crippen molar-refractivity contribution in [2.45, 2.75) is 64.0 Å². The van der Waals surface area contributed by atoms with Crippen LogP contribution in [0.5, 0.6) is 0 Å². The standard InChI is InChI=1S/C25H27F5N2O2S/c1-24(2,3)14-32-13-19(22(23(26)27)31-35(33,34)16-9-10-16)18-11-8-15(12-21(18)32)17-6-4-5-7-20(17)25(28,29)30/h4-8,11-13,16,22-23,31H,9-10,14H2,1-3H3/i22D. The van der Waals surface area contributed by atoms with E-state index in [2.05, 4.69) is 0 Å². The molecule has 1 aliphatic carbocycles. The minimum absolute atomic E-state index is 0.0719. The summed E-state index contributed by atoms with van der Waals surface area (Å²) in [7, 11) is -4.16. The van der Waals surface area contributed by atoms with E-state index in [1.807, 2.05) is 25.5 Å². The van der Waals surface area contributed by atoms with Gasteiger partial charge in [-0.3, -0.25) is 0 Å². The van der Waals surface area contributed by atoms with Crippen molar-refractivity contribution in [2.24, 2.45) is 5.41 Å². The molecule has 1 atom stereocenters. The van der Waals surface area contributed by atoms with Crippen LogP contribution in [0.2, 0.25) is 0 Å². The van der Waals surface area contributed by atoms with Crippen LogP contribution in [0.25, 0.3) is 22.0 Å². The van der Waals surface area contributed by atoms with Gasteiger partial charge in [-0.25, -0.2) is 21.9 Å². The van der Waals surface area contributed by atoms with Crippen molar-refractivity contribution >= 4 is 20.9 Å². The highest BCUT2D eigenvalue weighted by Gasteiger charge is 2.40. The Morgan fingerprint density at radius 2 is 1.77 bits per heavy atom. The molecule has 0 spiro atoms. The summed E-state index contributed by atoms with van der Waals surface area (Å²) in [6, 6.07) is 6.32. The lowest BCUT2D eigenvalue weighted by molar-refractivity contribution is -0.137. The molecule has 0 bridgehead atoms. The van der Waals surface area contributed by atoms with Crippen LogP contribution in [0, 0.1) is 5.41 Å². The maximum Gasteiger partial charge on any atom is 0.417 e. The van der Waals surface area contributed by atoms with E-state index in [0.29, 0.717) is 24.9 Å². The van der Waals surface area contributed by atoms with E-state index in [9.17, 15) is 30.4 Å². The van der Waals surface area contributed by atoms with Gasteiger partial charge in [0.05, 0.1) is 12.2 Å². The summed E-state index contributed by atoms with van der Waals surface area (Å²) in [6.07, 6.45) is -6.02. The van der Waals surface area contributed by atoms with Crippen LogP contribution in [-0.4, -0.2) is 24.7 Å². The predicted octanol–water partition coefficient (Wildman–Crippen LogP) is 6.76. The van der Waals surface area contributed by atoms with Gasteiger partial charge in [0.25, 0.3) is 6.43 Å². The molecule has 1 fully saturated rings. The van der Waals surface area contributed by atoms with Crippen molar-refractivity contribution in [3.63, 3.8) is 0 Å². The van der Waals surface area contributed by atoms with Crippen LogP contribution in [0.3, 0.4) is 0 Å². The Hall–Kier alpha value is -2.46. The second-order valence-corrected chi connectivity index (χ2v) is 12.0. The molecule has 4 rings (SSSR count). The van der Waals surface area contributed by atoms with Gasteiger partial charge in [-0.2, -0.15) is 13.2 Å². The number of aromatic nitrogens is 1. The number of hydrogen-bond acceptors (Lipinski definition) is 2. The van der Waals surface area contributed by atoms with E-state index in [1.165, 1.54) is 42.6 Å². The van der Waals surface area contributed by atoms with Crippen molar-refractivity contribution in [2.75, 3.05) is 0 Å². The van der Waals surface area contributed by atoms with Crippen molar-refractivity contribution in [1.82, 2.24) is 9.29 Å². The number of hydrogen-bond donors (Lipinski definition) is 1. The van der Waals surface area contributed by atoms with Crippen molar-refractivity contribution < 1.29 is 31.7 Å². The summed E-state index contributed by atoms with van der Waals surface area (Å²) in [5, 5.41) is -0.643. The van der Waals surface area contributed by atoms with Gasteiger partial charge >= 0.3 is 6.18 Å². The summed E-state index contributed by atoms with van der Waals surface area (Å²) >= 11 is 0. The van der Waals surface area contributed by atoms with Gasteiger partial charge in [-0.1, -0.05) is 51.1 Å². The lowest BCUT2D eigenvalue weighted by Gasteiger charge is -2.20. The van der Waals surface area contributed by atoms with E-state index < -0.39 is 39.5 Å². The summed E-state index contributed by atoms with van der Waals surface area (Å²) < 4.78 is 107. The van der Waals surface area contributed by atoms with Crippen molar-refractivity contribution in [1.29, 1.82) is 0 Å². The molecule has 1 aliphatic rings. The minimum atomic E-state index is -4.60. The number of alkyl halides is 5. The Morgan fingerprint density at radius 3 is 2.34 bits per heavy atom. The Labute approximate surface area is 202 Å². The lowest BCUT2D eigenvalue weighted by Crippen LogP contribution is -2.35. The normalized spacial score (nSPS) is 17.6. The molecule has 0 amide bonds. The fourth-order valence-corrected chi connectivity index (χ4v) is 5.56. The van der Waals surface area contributed by atoms with Gasteiger partial charge < -0.3 is 4.57 Å². The largest absolute Gasteiger partial charge is 0.417 e. The Balaban J connectivity index is 1.93. The van der Waals surface area contributed by atoms with Gasteiger partial charge in [0.15, 0.2) is 0 Å². The van der Waals surface area contributed by atoms with Gasteiger partial charge in [0.1, 0.15) is 6.02 Å². The average Bonchev–Trinajstić information content (AvgIpc) is 3.56. The van der Waals surface area contributed by atoms with Crippen LogP contribution in [0.15, 0.2) is 48.7 Å². The van der Waals surface area contributed by atoms with Crippen LogP contribution in [0.4, 0.5) is 22.0 Å². The molecule has 1 N–H and O–H groups in total. The summed E-state index contributed by atoms with van der Waals surface area (Å²) in [5.74, 6) is 0. The number of benzene rings is 2. The number of halogens is 5. The van der Waals surface area contributed by atoms with Gasteiger partial charge in [-0.05, 0) is 41.5 Å². The minimum Gasteiger partial charge on any atom is -0.347 e. The highest BCUT2D eigenvalue weighted by atomic mass is 32.2. The second kappa shape index (κ2) is 8.89. The topological polar surface area (TPSA) is 51.1 Å². The van der Waals surface area contributed by atoms with Gasteiger partial charge in [-0.15, -0.1) is 0 Å². The molecule has 2 aromatic carbocycles. The number of nitrogens with zero attached hydrogens (tertiary/aromatic N) is 1. The zero-order valence-electron chi connectivity index (χ0n) is 20.5. The second-order valence-electron chi connectivity index (χ2n) is 10.1. The molecular formula is C25H27F5N2O2S. The van der Waals surface area contributed by atoms with Crippen LogP contribution in [-0.2, 0) is 22.7 Å². The molecule has 0 radical (unpaired) electrons. The Morgan fingerprint density at radius 1 is 1.11 bits per heavy atom. The summed E-state index contributed by atoms with van der Waals surface area (Å²) in [4.78, 5) is 0. The first-order valence-corrected chi connectivity index (χ1v) is 12.7. The smallest absolute Gasteiger partial charge is 0.347 e. The summed E-state index contributed by atoms with van der Waals surface area (Å²) in [6.45, 7) is 6.00. The third-order valence-corrected chi connectivity index (χ3v) is 7.65. The number of rotatable bonds is 7. The Bertz CT molecular complexity index is 1390. The zero-order valence-corrected chi connectivity index (χ0v) is 20.3. The molecule has 10 heteroatoms. The number of fused-ring (bicyclic) bond motifs is 1. The number of nitrogens with one attached hydrogen (secondary N) is 1. The number of sulfonamides is 1. The first-order chi connectivity index (χ1) is 16.5. The maximum atomic E-state index is 14.3. The van der Waals surface area contributed by atoms with Gasteiger partial charge in [0.2, 0.25) is 10.0 Å². The molecule has 1 heterocycles. The molecule has 1 aromatic heterocycles. The molecule has 0 saturated heterocycles. The van der Waals surface area contributed by atoms with E-state index in [1.54, 1.807) is 4.57 Å². The molecule has 190 valence electrons. The monoisotopic (exact) mass is 515 g/mol. The fraction of sp³-hybridized carbons (Fsp3) is 0.440. The third-order valence-electron chi connectivity index (χ3n) is 5.79. The van der Waals surface area contributed by atoms with Crippen LogP contribution in [0.1, 0.15) is 52.1 Å². The van der Waals surface area contributed by atoms with Crippen molar-refractivity contribution in [3.8, 4) is 11.1 Å². The highest BCUT2D eigenvalue weighted by molar-refractivity contribution is 7.90. The SMILES string of the molecule is [2H]C(NS(=O)(=O)C1CC1)(c1cn(CC(C)(C)C)c2cc(-c3ccccc3C(F)(F)F)ccc12)C(F)F. The van der Waals surface area contributed by atoms with Crippen LogP contribution < -0.4 is 4.72 Å². The zero-order chi connectivity index (χ0) is 26.7. The first-order valence-electron chi connectivity index (χ1n) is 11.6. The molecule has 1 saturated carbocycles. The first kappa shape index (κ1) is 24.2. The molecule has 35 heavy (non-hydrogen) atoms. The highest BCUT2D eigenvalue weighted by Crippen LogP contribution is 2.40. The van der Waals surface area contributed by atoms with Gasteiger partial charge in [0, 0.05) is 29.2 Å². The third kappa shape index (κ3) is 5.53. The quantitative estimate of drug-likeness (QED) is 0.354. The lowest BCUT2D eigenvalue weighted by atomic mass is 9.96. The molecule has 0 aliphatic heterocycles. The maximum absolute atomic E-state index is 14.3. The van der Waals surface area contributed by atoms with E-state index in [-0.39, 0.29) is 27.5 Å². The molecule has 3 aromatic rings. The van der Waals surface area contributed by atoms with E-state index in [0.717, 1.165) is 6.07 Å². The van der Waals surface area contributed by atoms with Crippen molar-refractivity contribution in [3.05, 3.63) is 59.8 Å². The average molecular weight is 516 g/mol. The predicted molar refractivity (Wildman–Crippen MR) is 126 cm³/mol. The Kier molecular flexibility index (Phi) is 6.15. The van der Waals surface area contributed by atoms with Crippen LogP contribution >= 0.6 is 0 Å². The summed E-state index contributed by atoms with van der Waals surface area (Å²) in [5.41, 5.74) is -0.961. The molecule has 1 unspecified atom stereocenters. The fourth-order valence-electron chi connectivity index (χ4n) is 4.13. The molecular weight excluding hydrogens is 487 g/mol.